The number of piperidine rings is 1. The zero-order chi connectivity index (χ0) is 18.2. The van der Waals surface area contributed by atoms with Crippen molar-refractivity contribution >= 4 is 22.4 Å². The van der Waals surface area contributed by atoms with Crippen LogP contribution in [0.15, 0.2) is 29.6 Å². The van der Waals surface area contributed by atoms with Crippen LogP contribution < -0.4 is 10.1 Å². The van der Waals surface area contributed by atoms with Crippen molar-refractivity contribution in [2.45, 2.75) is 45.6 Å². The van der Waals surface area contributed by atoms with Crippen LogP contribution in [0.25, 0.3) is 0 Å². The summed E-state index contributed by atoms with van der Waals surface area (Å²) in [6.07, 6.45) is 6.01. The van der Waals surface area contributed by atoms with Crippen LogP contribution >= 0.6 is 11.3 Å². The zero-order valence-corrected chi connectivity index (χ0v) is 16.2. The predicted octanol–water partition coefficient (Wildman–Crippen LogP) is 4.56. The Bertz CT molecular complexity index is 693. The molecule has 0 unspecified atom stereocenters. The van der Waals surface area contributed by atoms with E-state index in [1.165, 1.54) is 30.6 Å². The highest BCUT2D eigenvalue weighted by Gasteiger charge is 2.14. The number of carbonyl (C=O) groups excluding carboxylic acids is 1. The average molecular weight is 374 g/mol. The molecule has 1 aromatic carbocycles. The minimum Gasteiger partial charge on any atom is -0.494 e. The molecule has 0 radical (unpaired) electrons. The van der Waals surface area contributed by atoms with Crippen molar-refractivity contribution in [3.63, 3.8) is 0 Å². The third kappa shape index (κ3) is 5.54. The average Bonchev–Trinajstić information content (AvgIpc) is 3.10. The van der Waals surface area contributed by atoms with Crippen molar-refractivity contribution in [1.29, 1.82) is 0 Å². The molecular formula is C20H27N3O2S. The lowest BCUT2D eigenvalue weighted by Gasteiger charge is -2.25. The van der Waals surface area contributed by atoms with Crippen LogP contribution in [-0.4, -0.2) is 35.5 Å². The normalized spacial score (nSPS) is 15.0. The number of likely N-dealkylation sites (tertiary alicyclic amines) is 1. The van der Waals surface area contributed by atoms with E-state index in [1.54, 1.807) is 12.1 Å². The Kier molecular flexibility index (Phi) is 7.03. The minimum absolute atomic E-state index is 0.135. The Balaban J connectivity index is 1.51. The van der Waals surface area contributed by atoms with E-state index in [4.69, 9.17) is 4.74 Å². The summed E-state index contributed by atoms with van der Waals surface area (Å²) in [5, 5.41) is 5.59. The zero-order valence-electron chi connectivity index (χ0n) is 15.4. The second-order valence-electron chi connectivity index (χ2n) is 6.66. The molecule has 1 aromatic heterocycles. The van der Waals surface area contributed by atoms with Gasteiger partial charge in [-0.25, -0.2) is 4.98 Å². The third-order valence-electron chi connectivity index (χ3n) is 4.49. The van der Waals surface area contributed by atoms with Crippen molar-refractivity contribution in [3.8, 4) is 5.75 Å². The maximum absolute atomic E-state index is 12.4. The number of ether oxygens (including phenoxy) is 1. The highest BCUT2D eigenvalue weighted by atomic mass is 32.1. The number of thiazole rings is 1. The van der Waals surface area contributed by atoms with Gasteiger partial charge in [-0.05, 0) is 56.6 Å². The van der Waals surface area contributed by atoms with Gasteiger partial charge in [-0.15, -0.1) is 11.3 Å². The Hall–Kier alpha value is -1.92. The molecule has 2 aromatic rings. The van der Waals surface area contributed by atoms with E-state index in [-0.39, 0.29) is 5.91 Å². The van der Waals surface area contributed by atoms with Crippen LogP contribution in [0.5, 0.6) is 5.75 Å². The quantitative estimate of drug-likeness (QED) is 0.689. The number of rotatable bonds is 8. The Morgan fingerprint density at radius 1 is 1.23 bits per heavy atom. The van der Waals surface area contributed by atoms with E-state index in [1.807, 2.05) is 17.5 Å². The Morgan fingerprint density at radius 3 is 2.73 bits per heavy atom. The molecule has 0 spiro atoms. The number of hydrogen-bond acceptors (Lipinski definition) is 5. The van der Waals surface area contributed by atoms with E-state index >= 15 is 0 Å². The molecule has 3 rings (SSSR count). The van der Waals surface area contributed by atoms with Gasteiger partial charge in [0.05, 0.1) is 12.3 Å². The Labute approximate surface area is 159 Å². The van der Waals surface area contributed by atoms with Gasteiger partial charge in [0.2, 0.25) is 0 Å². The van der Waals surface area contributed by atoms with Gasteiger partial charge in [-0.3, -0.25) is 15.0 Å². The molecule has 6 heteroatoms. The topological polar surface area (TPSA) is 54.5 Å². The smallest absolute Gasteiger partial charge is 0.257 e. The van der Waals surface area contributed by atoms with Gasteiger partial charge >= 0.3 is 0 Å². The van der Waals surface area contributed by atoms with Gasteiger partial charge < -0.3 is 4.74 Å². The number of carbonyl (C=O) groups is 1. The molecule has 0 bridgehead atoms. The first-order chi connectivity index (χ1) is 12.7. The molecule has 1 N–H and O–H groups in total. The van der Waals surface area contributed by atoms with Crippen LogP contribution in [0.1, 0.15) is 55.1 Å². The molecule has 0 atom stereocenters. The number of unbranched alkanes of at least 4 members (excludes halogenated alkanes) is 1. The van der Waals surface area contributed by atoms with Gasteiger partial charge in [-0.1, -0.05) is 19.8 Å². The SMILES string of the molecule is CCCCOc1ccc(C(=O)Nc2nc(CN3CCCCC3)cs2)cc1. The van der Waals surface area contributed by atoms with Crippen molar-refractivity contribution in [2.24, 2.45) is 0 Å². The van der Waals surface area contributed by atoms with Crippen LogP contribution in [0.2, 0.25) is 0 Å². The Morgan fingerprint density at radius 2 is 2.00 bits per heavy atom. The highest BCUT2D eigenvalue weighted by Crippen LogP contribution is 2.20. The highest BCUT2D eigenvalue weighted by molar-refractivity contribution is 7.13. The number of amides is 1. The van der Waals surface area contributed by atoms with E-state index in [0.717, 1.165) is 43.9 Å². The molecule has 1 aliphatic rings. The summed E-state index contributed by atoms with van der Waals surface area (Å²) in [4.78, 5) is 19.4. The lowest BCUT2D eigenvalue weighted by Crippen LogP contribution is -2.29. The minimum atomic E-state index is -0.135. The predicted molar refractivity (Wildman–Crippen MR) is 106 cm³/mol. The monoisotopic (exact) mass is 373 g/mol. The maximum Gasteiger partial charge on any atom is 0.257 e. The summed E-state index contributed by atoms with van der Waals surface area (Å²) < 4.78 is 5.63. The number of nitrogens with one attached hydrogen (secondary N) is 1. The second kappa shape index (κ2) is 9.69. The number of benzene rings is 1. The van der Waals surface area contributed by atoms with E-state index in [9.17, 15) is 4.79 Å². The number of hydrogen-bond donors (Lipinski definition) is 1. The molecule has 0 saturated carbocycles. The molecule has 140 valence electrons. The molecule has 1 fully saturated rings. The molecule has 5 nitrogen and oxygen atoms in total. The molecular weight excluding hydrogens is 346 g/mol. The first kappa shape index (κ1) is 18.9. The molecule has 1 amide bonds. The van der Waals surface area contributed by atoms with Gasteiger partial charge in [0.25, 0.3) is 5.91 Å². The number of anilines is 1. The van der Waals surface area contributed by atoms with Crippen molar-refractivity contribution in [1.82, 2.24) is 9.88 Å². The molecule has 0 aliphatic carbocycles. The fourth-order valence-corrected chi connectivity index (χ4v) is 3.69. The van der Waals surface area contributed by atoms with Gasteiger partial charge in [0, 0.05) is 17.5 Å². The fourth-order valence-electron chi connectivity index (χ4n) is 2.99. The summed E-state index contributed by atoms with van der Waals surface area (Å²) in [6.45, 7) is 6.00. The molecule has 1 aliphatic heterocycles. The van der Waals surface area contributed by atoms with Crippen LogP contribution in [0, 0.1) is 0 Å². The third-order valence-corrected chi connectivity index (χ3v) is 5.30. The van der Waals surface area contributed by atoms with Gasteiger partial charge in [-0.2, -0.15) is 0 Å². The number of aromatic nitrogens is 1. The standard InChI is InChI=1S/C20H27N3O2S/c1-2-3-13-25-18-9-7-16(8-10-18)19(24)22-20-21-17(15-26-20)14-23-11-5-4-6-12-23/h7-10,15H,2-6,11-14H2,1H3,(H,21,22,24). The van der Waals surface area contributed by atoms with Gasteiger partial charge in [0.15, 0.2) is 5.13 Å². The van der Waals surface area contributed by atoms with Crippen molar-refractivity contribution in [3.05, 3.63) is 40.9 Å². The maximum atomic E-state index is 12.4. The molecule has 1 saturated heterocycles. The largest absolute Gasteiger partial charge is 0.494 e. The lowest BCUT2D eigenvalue weighted by molar-refractivity contribution is 0.102. The van der Waals surface area contributed by atoms with Crippen LogP contribution in [-0.2, 0) is 6.54 Å². The summed E-state index contributed by atoms with van der Waals surface area (Å²) >= 11 is 1.48. The number of nitrogens with zero attached hydrogens (tertiary/aromatic N) is 2. The summed E-state index contributed by atoms with van der Waals surface area (Å²) in [6, 6.07) is 7.26. The van der Waals surface area contributed by atoms with Crippen molar-refractivity contribution in [2.75, 3.05) is 25.0 Å². The van der Waals surface area contributed by atoms with Crippen LogP contribution in [0.4, 0.5) is 5.13 Å². The molecule has 26 heavy (non-hydrogen) atoms. The van der Waals surface area contributed by atoms with E-state index in [0.29, 0.717) is 17.3 Å². The summed E-state index contributed by atoms with van der Waals surface area (Å²) in [5.41, 5.74) is 1.65. The first-order valence-corrected chi connectivity index (χ1v) is 10.3. The van der Waals surface area contributed by atoms with Gasteiger partial charge in [0.1, 0.15) is 5.75 Å². The van der Waals surface area contributed by atoms with E-state index in [2.05, 4.69) is 22.1 Å². The summed E-state index contributed by atoms with van der Waals surface area (Å²) in [7, 11) is 0. The second-order valence-corrected chi connectivity index (χ2v) is 7.52. The summed E-state index contributed by atoms with van der Waals surface area (Å²) in [5.74, 6) is 0.664. The van der Waals surface area contributed by atoms with E-state index < -0.39 is 0 Å². The van der Waals surface area contributed by atoms with Crippen molar-refractivity contribution < 1.29 is 9.53 Å². The van der Waals surface area contributed by atoms with Crippen LogP contribution in [0.3, 0.4) is 0 Å². The molecule has 2 heterocycles. The first-order valence-electron chi connectivity index (χ1n) is 9.45. The lowest BCUT2D eigenvalue weighted by atomic mass is 10.1. The fraction of sp³-hybridized carbons (Fsp3) is 0.500.